The first-order valence-electron chi connectivity index (χ1n) is 12.0. The molecule has 2 aromatic rings. The van der Waals surface area contributed by atoms with Gasteiger partial charge in [-0.2, -0.15) is 0 Å². The van der Waals surface area contributed by atoms with Gasteiger partial charge >= 0.3 is 12.1 Å². The average molecular weight is 536 g/mol. The van der Waals surface area contributed by atoms with Gasteiger partial charge in [0.05, 0.1) is 11.9 Å². The van der Waals surface area contributed by atoms with E-state index in [4.69, 9.17) is 14.5 Å². The third-order valence-electron chi connectivity index (χ3n) is 6.10. The molecule has 0 fully saturated rings. The highest BCUT2D eigenvalue weighted by Crippen LogP contribution is 2.37. The second-order valence-corrected chi connectivity index (χ2v) is 13.6. The van der Waals surface area contributed by atoms with Gasteiger partial charge in [0.1, 0.15) is 20.4 Å². The molecule has 10 nitrogen and oxygen atoms in total. The predicted octanol–water partition coefficient (Wildman–Crippen LogP) is 4.90. The minimum Gasteiger partial charge on any atom is -0.443 e. The zero-order chi connectivity index (χ0) is 26.3. The Hall–Kier alpha value is -2.57. The first kappa shape index (κ1) is 26.5. The molecule has 2 aliphatic rings. The highest BCUT2D eigenvalue weighted by atomic mass is 32.2. The zero-order valence-corrected chi connectivity index (χ0v) is 23.2. The van der Waals surface area contributed by atoms with Crippen molar-refractivity contribution >= 4 is 39.1 Å². The Bertz CT molecular complexity index is 1290. The van der Waals surface area contributed by atoms with Gasteiger partial charge in [-0.15, -0.1) is 15.7 Å². The van der Waals surface area contributed by atoms with Gasteiger partial charge in [-0.1, -0.05) is 0 Å². The minimum atomic E-state index is -3.76. The summed E-state index contributed by atoms with van der Waals surface area (Å²) in [6.07, 6.45) is 5.73. The fourth-order valence-electron chi connectivity index (χ4n) is 4.27. The van der Waals surface area contributed by atoms with Crippen molar-refractivity contribution in [3.63, 3.8) is 0 Å². The zero-order valence-electron chi connectivity index (χ0n) is 21.5. The molecular formula is C24H33N5O5S2. The third kappa shape index (κ3) is 5.55. The standard InChI is InChI=1S/C24H33N5O5S2/c1-23(2,3)34-22(31)29-36(32,18-13-25-20(35-18)24(4,5)33-6)28-21(30)27-19-14-9-7-11-16(14)26-17-12-8-10-15(17)19/h13H,7-12H2,1-6H3,(H2,26,27,28,29,30,31,32). The number of methoxy groups -OCH3 is 1. The lowest BCUT2D eigenvalue weighted by Crippen LogP contribution is -2.36. The molecule has 2 aliphatic carbocycles. The summed E-state index contributed by atoms with van der Waals surface area (Å²) < 4.78 is 31.3. The Morgan fingerprint density at radius 3 is 2.22 bits per heavy atom. The fourth-order valence-corrected chi connectivity index (χ4v) is 6.90. The molecule has 0 radical (unpaired) electrons. The van der Waals surface area contributed by atoms with Crippen LogP contribution in [-0.2, 0) is 50.7 Å². The number of rotatable bonds is 5. The van der Waals surface area contributed by atoms with Crippen LogP contribution >= 0.6 is 11.3 Å². The van der Waals surface area contributed by atoms with E-state index in [1.54, 1.807) is 27.9 Å². The summed E-state index contributed by atoms with van der Waals surface area (Å²) in [5.41, 5.74) is 3.20. The Balaban J connectivity index is 1.72. The van der Waals surface area contributed by atoms with Crippen LogP contribution < -0.4 is 10.0 Å². The first-order chi connectivity index (χ1) is 16.8. The lowest BCUT2D eigenvalue weighted by atomic mass is 10.1. The minimum absolute atomic E-state index is 0.119. The van der Waals surface area contributed by atoms with Gasteiger partial charge in [0, 0.05) is 18.5 Å². The molecule has 0 saturated carbocycles. The number of aryl methyl sites for hydroxylation is 2. The molecule has 4 rings (SSSR count). The van der Waals surface area contributed by atoms with Crippen LogP contribution in [0.25, 0.3) is 0 Å². The van der Waals surface area contributed by atoms with E-state index in [1.807, 2.05) is 13.8 Å². The fraction of sp³-hybridized carbons (Fsp3) is 0.583. The lowest BCUT2D eigenvalue weighted by Gasteiger charge is -2.21. The summed E-state index contributed by atoms with van der Waals surface area (Å²) in [6.45, 7) is 8.69. The molecule has 2 heterocycles. The Labute approximate surface area is 215 Å². The number of fused-ring (bicyclic) bond motifs is 2. The van der Waals surface area contributed by atoms with E-state index < -0.39 is 33.2 Å². The molecule has 0 saturated heterocycles. The van der Waals surface area contributed by atoms with Crippen molar-refractivity contribution in [1.82, 2.24) is 14.7 Å². The van der Waals surface area contributed by atoms with Crippen molar-refractivity contribution in [3.8, 4) is 0 Å². The van der Waals surface area contributed by atoms with E-state index in [-0.39, 0.29) is 4.21 Å². The van der Waals surface area contributed by atoms with Gasteiger partial charge in [0.25, 0.3) is 0 Å². The highest BCUT2D eigenvalue weighted by Gasteiger charge is 2.31. The van der Waals surface area contributed by atoms with Crippen molar-refractivity contribution in [2.75, 3.05) is 12.4 Å². The van der Waals surface area contributed by atoms with Crippen molar-refractivity contribution in [2.45, 2.75) is 88.6 Å². The molecule has 12 heteroatoms. The van der Waals surface area contributed by atoms with E-state index in [9.17, 15) is 13.8 Å². The van der Waals surface area contributed by atoms with E-state index >= 15 is 0 Å². The number of hydrogen-bond acceptors (Lipinski definition) is 8. The van der Waals surface area contributed by atoms with Gasteiger partial charge in [0.15, 0.2) is 9.92 Å². The maximum Gasteiger partial charge on any atom is 0.420 e. The second kappa shape index (κ2) is 9.71. The van der Waals surface area contributed by atoms with Gasteiger partial charge in [-0.05, 0) is 84.3 Å². The van der Waals surface area contributed by atoms with Gasteiger partial charge in [-0.25, -0.2) is 23.5 Å². The number of pyridine rings is 1. The maximum absolute atomic E-state index is 14.1. The predicted molar refractivity (Wildman–Crippen MR) is 138 cm³/mol. The number of nitrogens with zero attached hydrogens (tertiary/aromatic N) is 3. The van der Waals surface area contributed by atoms with Crippen molar-refractivity contribution < 1.29 is 23.3 Å². The number of nitrogens with one attached hydrogen (secondary N) is 2. The molecule has 1 unspecified atom stereocenters. The van der Waals surface area contributed by atoms with Crippen LogP contribution in [-0.4, -0.2) is 39.0 Å². The quantitative estimate of drug-likeness (QED) is 0.557. The maximum atomic E-state index is 14.1. The molecule has 0 aliphatic heterocycles. The number of ether oxygens (including phenoxy) is 2. The molecule has 36 heavy (non-hydrogen) atoms. The Morgan fingerprint density at radius 2 is 1.67 bits per heavy atom. The molecule has 196 valence electrons. The van der Waals surface area contributed by atoms with Crippen LogP contribution in [0.1, 0.15) is 75.0 Å². The smallest absolute Gasteiger partial charge is 0.420 e. The molecular weight excluding hydrogens is 502 g/mol. The Morgan fingerprint density at radius 1 is 1.06 bits per heavy atom. The highest BCUT2D eigenvalue weighted by molar-refractivity contribution is 7.94. The summed E-state index contributed by atoms with van der Waals surface area (Å²) in [5, 5.41) is 3.41. The number of aromatic nitrogens is 2. The SMILES string of the molecule is COC(C)(C)c1ncc(S(=O)(=NC(=O)Nc2c3c(nc4c2CCC4)CCC3)NC(=O)OC(C)(C)C)s1. The monoisotopic (exact) mass is 535 g/mol. The molecule has 0 aromatic carbocycles. The van der Waals surface area contributed by atoms with E-state index in [1.165, 1.54) is 6.20 Å². The van der Waals surface area contributed by atoms with E-state index in [0.29, 0.717) is 5.01 Å². The normalized spacial score (nSPS) is 16.6. The lowest BCUT2D eigenvalue weighted by molar-refractivity contribution is 0.0190. The molecule has 1 atom stereocenters. The number of urea groups is 1. The summed E-state index contributed by atoms with van der Waals surface area (Å²) in [6, 6.07) is -0.814. The Kier molecular flexibility index (Phi) is 7.15. The van der Waals surface area contributed by atoms with Crippen LogP contribution in [0.15, 0.2) is 14.8 Å². The number of carbonyl (C=O) groups excluding carboxylic acids is 2. The summed E-state index contributed by atoms with van der Waals surface area (Å²) >= 11 is 1.05. The van der Waals surface area contributed by atoms with Crippen LogP contribution in [0, 0.1) is 0 Å². The summed E-state index contributed by atoms with van der Waals surface area (Å²) in [7, 11) is -2.22. The van der Waals surface area contributed by atoms with Gasteiger partial charge in [-0.3, -0.25) is 4.98 Å². The van der Waals surface area contributed by atoms with Crippen LogP contribution in [0.4, 0.5) is 15.3 Å². The van der Waals surface area contributed by atoms with Crippen molar-refractivity contribution in [1.29, 1.82) is 0 Å². The number of thiazole rings is 1. The van der Waals surface area contributed by atoms with Gasteiger partial charge < -0.3 is 14.8 Å². The van der Waals surface area contributed by atoms with Crippen LogP contribution in [0.3, 0.4) is 0 Å². The van der Waals surface area contributed by atoms with E-state index in [2.05, 4.69) is 19.4 Å². The van der Waals surface area contributed by atoms with E-state index in [0.717, 1.165) is 78.1 Å². The summed E-state index contributed by atoms with van der Waals surface area (Å²) in [4.78, 5) is 34.9. The van der Waals surface area contributed by atoms with Gasteiger partial charge in [0.2, 0.25) is 0 Å². The molecule has 0 bridgehead atoms. The largest absolute Gasteiger partial charge is 0.443 e. The second-order valence-electron chi connectivity index (χ2n) is 10.4. The molecule has 2 aromatic heterocycles. The number of amides is 3. The molecule has 0 spiro atoms. The van der Waals surface area contributed by atoms with Crippen molar-refractivity contribution in [2.24, 2.45) is 4.36 Å². The third-order valence-corrected chi connectivity index (χ3v) is 9.64. The van der Waals surface area contributed by atoms with Crippen molar-refractivity contribution in [3.05, 3.63) is 33.7 Å². The number of hydrogen-bond donors (Lipinski definition) is 2. The number of anilines is 1. The topological polar surface area (TPSA) is 132 Å². The first-order valence-corrected chi connectivity index (χ1v) is 14.3. The summed E-state index contributed by atoms with van der Waals surface area (Å²) in [5.74, 6) is 0. The average Bonchev–Trinajstić information content (AvgIpc) is 3.52. The molecule has 3 amide bonds. The van der Waals surface area contributed by atoms with Crippen LogP contribution in [0.2, 0.25) is 0 Å². The molecule has 2 N–H and O–H groups in total. The van der Waals surface area contributed by atoms with Crippen LogP contribution in [0.5, 0.6) is 0 Å². The number of carbonyl (C=O) groups is 2.